The Bertz CT molecular complexity index is 840. The zero-order valence-corrected chi connectivity index (χ0v) is 15.4. The molecular formula is C17H17F3N2O5S. The van der Waals surface area contributed by atoms with Crippen LogP contribution in [0.3, 0.4) is 0 Å². The molecular weight excluding hydrogens is 401 g/mol. The third-order valence-corrected chi connectivity index (χ3v) is 3.99. The second kappa shape index (κ2) is 10.5. The van der Waals surface area contributed by atoms with Gasteiger partial charge in [0.1, 0.15) is 11.7 Å². The van der Waals surface area contributed by atoms with Crippen LogP contribution in [0, 0.1) is 0 Å². The van der Waals surface area contributed by atoms with E-state index in [0.717, 1.165) is 5.39 Å². The summed E-state index contributed by atoms with van der Waals surface area (Å²) in [5, 5.41) is 20.4. The molecule has 0 unspecified atom stereocenters. The minimum absolute atomic E-state index is 0.253. The molecule has 0 radical (unpaired) electrons. The van der Waals surface area contributed by atoms with Gasteiger partial charge in [0.15, 0.2) is 0 Å². The lowest BCUT2D eigenvalue weighted by Gasteiger charge is -2.14. The fourth-order valence-electron chi connectivity index (χ4n) is 2.02. The topological polar surface area (TPSA) is 117 Å². The second-order valence-corrected chi connectivity index (χ2v) is 6.31. The molecule has 7 nitrogen and oxygen atoms in total. The standard InChI is InChI=1S/C15H16N2O3S.C2HF3O2/c1-21-9-7-12(15(19)20)17-14(18)13-11-5-3-2-4-10(11)6-8-16-13;3-2(4,5)1(6)7/h2-6,8,12H,7,9H2,1H3,(H,17,18)(H,19,20);(H,6,7)/t12-;/m0./s1. The van der Waals surface area contributed by atoms with E-state index in [1.54, 1.807) is 24.0 Å². The molecule has 1 atom stereocenters. The Hall–Kier alpha value is -2.82. The van der Waals surface area contributed by atoms with Crippen LogP contribution in [-0.2, 0) is 9.59 Å². The Morgan fingerprint density at radius 1 is 1.18 bits per heavy atom. The molecule has 1 amide bonds. The number of fused-ring (bicyclic) bond motifs is 1. The number of amides is 1. The van der Waals surface area contributed by atoms with Crippen molar-refractivity contribution < 1.29 is 37.8 Å². The van der Waals surface area contributed by atoms with Crippen LogP contribution in [-0.4, -0.2) is 57.3 Å². The second-order valence-electron chi connectivity index (χ2n) is 5.33. The van der Waals surface area contributed by atoms with E-state index in [1.165, 1.54) is 0 Å². The molecule has 3 N–H and O–H groups in total. The molecule has 0 bridgehead atoms. The van der Waals surface area contributed by atoms with Crippen LogP contribution in [0.4, 0.5) is 13.2 Å². The molecule has 0 saturated heterocycles. The van der Waals surface area contributed by atoms with E-state index < -0.39 is 30.1 Å². The van der Waals surface area contributed by atoms with Crippen molar-refractivity contribution in [2.24, 2.45) is 0 Å². The van der Waals surface area contributed by atoms with E-state index >= 15 is 0 Å². The van der Waals surface area contributed by atoms with Gasteiger partial charge >= 0.3 is 18.1 Å². The molecule has 0 aliphatic heterocycles. The van der Waals surface area contributed by atoms with Gasteiger partial charge in [0.2, 0.25) is 0 Å². The van der Waals surface area contributed by atoms with E-state index in [2.05, 4.69) is 10.3 Å². The highest BCUT2D eigenvalue weighted by atomic mass is 32.2. The molecule has 2 rings (SSSR count). The Kier molecular flexibility index (Phi) is 8.71. The van der Waals surface area contributed by atoms with Gasteiger partial charge in [-0.2, -0.15) is 24.9 Å². The molecule has 1 heterocycles. The molecule has 1 aromatic heterocycles. The van der Waals surface area contributed by atoms with E-state index in [-0.39, 0.29) is 5.69 Å². The SMILES string of the molecule is CSCC[C@H](NC(=O)c1nccc2ccccc12)C(=O)O.O=C(O)C(F)(F)F. The molecule has 0 saturated carbocycles. The van der Waals surface area contributed by atoms with Crippen LogP contribution < -0.4 is 5.32 Å². The first kappa shape index (κ1) is 23.2. The maximum absolute atomic E-state index is 12.3. The number of benzene rings is 1. The fraction of sp³-hybridized carbons (Fsp3) is 0.294. The number of alkyl halides is 3. The van der Waals surface area contributed by atoms with Crippen molar-refractivity contribution >= 4 is 40.4 Å². The summed E-state index contributed by atoms with van der Waals surface area (Å²) < 4.78 is 31.7. The quantitative estimate of drug-likeness (QED) is 0.660. The number of pyridine rings is 1. The minimum atomic E-state index is -5.08. The summed E-state index contributed by atoms with van der Waals surface area (Å²) >= 11 is 1.54. The van der Waals surface area contributed by atoms with Crippen LogP contribution >= 0.6 is 11.8 Å². The lowest BCUT2D eigenvalue weighted by atomic mass is 10.1. The van der Waals surface area contributed by atoms with Crippen molar-refractivity contribution in [1.82, 2.24) is 10.3 Å². The predicted molar refractivity (Wildman–Crippen MR) is 97.3 cm³/mol. The van der Waals surface area contributed by atoms with Crippen LogP contribution in [0.1, 0.15) is 16.9 Å². The Labute approximate surface area is 162 Å². The maximum atomic E-state index is 12.3. The molecule has 2 aromatic rings. The van der Waals surface area contributed by atoms with Gasteiger partial charge in [-0.3, -0.25) is 9.78 Å². The van der Waals surface area contributed by atoms with Crippen LogP contribution in [0.25, 0.3) is 10.8 Å². The Morgan fingerprint density at radius 3 is 2.32 bits per heavy atom. The zero-order chi connectivity index (χ0) is 21.3. The van der Waals surface area contributed by atoms with Crippen molar-refractivity contribution in [2.75, 3.05) is 12.0 Å². The lowest BCUT2D eigenvalue weighted by molar-refractivity contribution is -0.192. The number of carbonyl (C=O) groups excluding carboxylic acids is 1. The van der Waals surface area contributed by atoms with Gasteiger partial charge in [-0.1, -0.05) is 24.3 Å². The average Bonchev–Trinajstić information content (AvgIpc) is 2.64. The number of hydrogen-bond acceptors (Lipinski definition) is 5. The lowest BCUT2D eigenvalue weighted by Crippen LogP contribution is -2.41. The third kappa shape index (κ3) is 7.06. The van der Waals surface area contributed by atoms with Gasteiger partial charge in [0.25, 0.3) is 5.91 Å². The fourth-order valence-corrected chi connectivity index (χ4v) is 2.49. The number of carbonyl (C=O) groups is 3. The highest BCUT2D eigenvalue weighted by molar-refractivity contribution is 7.98. The van der Waals surface area contributed by atoms with E-state index in [4.69, 9.17) is 15.0 Å². The molecule has 0 spiro atoms. The number of nitrogens with zero attached hydrogens (tertiary/aromatic N) is 1. The van der Waals surface area contributed by atoms with Gasteiger partial charge in [-0.25, -0.2) is 9.59 Å². The highest BCUT2D eigenvalue weighted by Crippen LogP contribution is 2.16. The number of rotatable bonds is 6. The van der Waals surface area contributed by atoms with E-state index in [1.807, 2.05) is 30.5 Å². The molecule has 152 valence electrons. The van der Waals surface area contributed by atoms with Crippen molar-refractivity contribution in [3.63, 3.8) is 0 Å². The maximum Gasteiger partial charge on any atom is 0.490 e. The van der Waals surface area contributed by atoms with E-state index in [9.17, 15) is 22.8 Å². The minimum Gasteiger partial charge on any atom is -0.480 e. The normalized spacial score (nSPS) is 11.9. The Morgan fingerprint density at radius 2 is 1.79 bits per heavy atom. The summed E-state index contributed by atoms with van der Waals surface area (Å²) in [6.07, 6.45) is -1.26. The van der Waals surface area contributed by atoms with Crippen molar-refractivity contribution in [3.8, 4) is 0 Å². The van der Waals surface area contributed by atoms with Crippen molar-refractivity contribution in [2.45, 2.75) is 18.6 Å². The predicted octanol–water partition coefficient (Wildman–Crippen LogP) is 2.80. The number of aromatic nitrogens is 1. The summed E-state index contributed by atoms with van der Waals surface area (Å²) in [6.45, 7) is 0. The van der Waals surface area contributed by atoms with Gasteiger partial charge in [-0.15, -0.1) is 0 Å². The Balaban J connectivity index is 0.000000480. The van der Waals surface area contributed by atoms with E-state index in [0.29, 0.717) is 17.6 Å². The third-order valence-electron chi connectivity index (χ3n) is 3.35. The monoisotopic (exact) mass is 418 g/mol. The smallest absolute Gasteiger partial charge is 0.480 e. The summed E-state index contributed by atoms with van der Waals surface area (Å²) in [6, 6.07) is 8.30. The number of halogens is 3. The molecule has 0 aliphatic rings. The van der Waals surface area contributed by atoms with Gasteiger partial charge in [-0.05, 0) is 29.9 Å². The highest BCUT2D eigenvalue weighted by Gasteiger charge is 2.38. The van der Waals surface area contributed by atoms with Gasteiger partial charge in [0.05, 0.1) is 0 Å². The first-order chi connectivity index (χ1) is 13.1. The first-order valence-corrected chi connectivity index (χ1v) is 9.13. The van der Waals surface area contributed by atoms with Crippen LogP contribution in [0.2, 0.25) is 0 Å². The van der Waals surface area contributed by atoms with Crippen LogP contribution in [0.5, 0.6) is 0 Å². The number of nitrogens with one attached hydrogen (secondary N) is 1. The number of hydrogen-bond donors (Lipinski definition) is 3. The summed E-state index contributed by atoms with van der Waals surface area (Å²) in [5.41, 5.74) is 0.253. The summed E-state index contributed by atoms with van der Waals surface area (Å²) in [7, 11) is 0. The molecule has 1 aromatic carbocycles. The molecule has 0 aliphatic carbocycles. The average molecular weight is 418 g/mol. The summed E-state index contributed by atoms with van der Waals surface area (Å²) in [5.74, 6) is -3.58. The van der Waals surface area contributed by atoms with Gasteiger partial charge < -0.3 is 15.5 Å². The molecule has 28 heavy (non-hydrogen) atoms. The largest absolute Gasteiger partial charge is 0.490 e. The number of aliphatic carboxylic acids is 2. The number of carboxylic acids is 2. The molecule has 11 heteroatoms. The van der Waals surface area contributed by atoms with Crippen LogP contribution in [0.15, 0.2) is 36.5 Å². The zero-order valence-electron chi connectivity index (χ0n) is 14.6. The van der Waals surface area contributed by atoms with Gasteiger partial charge in [0, 0.05) is 11.6 Å². The number of thioether (sulfide) groups is 1. The first-order valence-electron chi connectivity index (χ1n) is 7.74. The number of carboxylic acid groups (broad SMARTS) is 2. The summed E-state index contributed by atoms with van der Waals surface area (Å²) in [4.78, 5) is 36.5. The molecule has 0 fully saturated rings. The van der Waals surface area contributed by atoms with Crippen molar-refractivity contribution in [1.29, 1.82) is 0 Å². The van der Waals surface area contributed by atoms with Crippen molar-refractivity contribution in [3.05, 3.63) is 42.2 Å².